The lowest BCUT2D eigenvalue weighted by Gasteiger charge is -2.19. The minimum Gasteiger partial charge on any atom is -0.382 e. The van der Waals surface area contributed by atoms with Gasteiger partial charge in [-0.2, -0.15) is 28.1 Å². The van der Waals surface area contributed by atoms with Crippen LogP contribution in [0.5, 0.6) is 0 Å². The molecule has 2 aromatic rings. The molecule has 1 fully saturated rings. The standard InChI is InChI=1S/C19H25F3N6O2/c1-11(12-7-8-12)23-17-26-16(14-5-4-6-15(25-14)19(20,21)22)27-18(28-17)24-13(9-29-2)10-30-3/h4-6,11-13H,7-10H2,1-3H3,(H2,23,24,26,27,28). The van der Waals surface area contributed by atoms with Crippen LogP contribution in [0.3, 0.4) is 0 Å². The number of alkyl halides is 3. The second-order valence-corrected chi connectivity index (χ2v) is 7.23. The van der Waals surface area contributed by atoms with Crippen molar-refractivity contribution >= 4 is 11.9 Å². The Morgan fingerprint density at radius 1 is 1.00 bits per heavy atom. The quantitative estimate of drug-likeness (QED) is 0.598. The van der Waals surface area contributed by atoms with Crippen LogP contribution < -0.4 is 10.6 Å². The first kappa shape index (κ1) is 22.2. The SMILES string of the molecule is COCC(COC)Nc1nc(NC(C)C2CC2)nc(-c2cccc(C(F)(F)F)n2)n1. The van der Waals surface area contributed by atoms with E-state index in [1.54, 1.807) is 14.2 Å². The maximum Gasteiger partial charge on any atom is 0.433 e. The Bertz CT molecular complexity index is 841. The van der Waals surface area contributed by atoms with E-state index in [0.29, 0.717) is 19.1 Å². The summed E-state index contributed by atoms with van der Waals surface area (Å²) in [5.74, 6) is 1.04. The fourth-order valence-electron chi connectivity index (χ4n) is 2.97. The smallest absolute Gasteiger partial charge is 0.382 e. The number of hydrogen-bond acceptors (Lipinski definition) is 8. The second kappa shape index (κ2) is 9.52. The number of halogens is 3. The molecule has 1 aliphatic carbocycles. The molecule has 0 aromatic carbocycles. The largest absolute Gasteiger partial charge is 0.433 e. The van der Waals surface area contributed by atoms with Gasteiger partial charge in [-0.25, -0.2) is 4.98 Å². The molecule has 3 rings (SSSR count). The van der Waals surface area contributed by atoms with Crippen LogP contribution in [0.2, 0.25) is 0 Å². The van der Waals surface area contributed by atoms with E-state index < -0.39 is 11.9 Å². The Morgan fingerprint density at radius 3 is 2.20 bits per heavy atom. The fraction of sp³-hybridized carbons (Fsp3) is 0.579. The van der Waals surface area contributed by atoms with Crippen LogP contribution >= 0.6 is 0 Å². The number of hydrogen-bond donors (Lipinski definition) is 2. The van der Waals surface area contributed by atoms with Crippen molar-refractivity contribution < 1.29 is 22.6 Å². The molecule has 164 valence electrons. The molecule has 0 amide bonds. The third kappa shape index (κ3) is 5.99. The maximum atomic E-state index is 13.1. The molecule has 1 aliphatic rings. The van der Waals surface area contributed by atoms with Gasteiger partial charge in [-0.1, -0.05) is 6.07 Å². The van der Waals surface area contributed by atoms with Crippen LogP contribution in [0.15, 0.2) is 18.2 Å². The average molecular weight is 426 g/mol. The minimum absolute atomic E-state index is 0.00688. The molecule has 1 saturated carbocycles. The van der Waals surface area contributed by atoms with Crippen LogP contribution in [0.4, 0.5) is 25.1 Å². The van der Waals surface area contributed by atoms with E-state index in [2.05, 4.69) is 30.6 Å². The van der Waals surface area contributed by atoms with Gasteiger partial charge in [0.2, 0.25) is 11.9 Å². The molecule has 0 spiro atoms. The average Bonchev–Trinajstić information content (AvgIpc) is 3.53. The lowest BCUT2D eigenvalue weighted by atomic mass is 10.2. The van der Waals surface area contributed by atoms with Crippen molar-refractivity contribution in [2.75, 3.05) is 38.1 Å². The molecule has 30 heavy (non-hydrogen) atoms. The molecule has 0 aliphatic heterocycles. The highest BCUT2D eigenvalue weighted by molar-refractivity contribution is 5.54. The number of rotatable bonds is 10. The molecule has 2 aromatic heterocycles. The van der Waals surface area contributed by atoms with Gasteiger partial charge in [0.25, 0.3) is 0 Å². The summed E-state index contributed by atoms with van der Waals surface area (Å²) in [6.07, 6.45) is -2.32. The van der Waals surface area contributed by atoms with Crippen LogP contribution in [-0.4, -0.2) is 59.5 Å². The molecule has 8 nitrogen and oxygen atoms in total. The summed E-state index contributed by atoms with van der Waals surface area (Å²) in [6, 6.07) is 3.51. The number of nitrogens with zero attached hydrogens (tertiary/aromatic N) is 4. The number of methoxy groups -OCH3 is 2. The molecule has 1 atom stereocenters. The van der Waals surface area contributed by atoms with Crippen molar-refractivity contribution in [1.29, 1.82) is 0 Å². The van der Waals surface area contributed by atoms with E-state index in [9.17, 15) is 13.2 Å². The Morgan fingerprint density at radius 2 is 1.63 bits per heavy atom. The van der Waals surface area contributed by atoms with E-state index >= 15 is 0 Å². The van der Waals surface area contributed by atoms with Crippen LogP contribution in [0.1, 0.15) is 25.5 Å². The molecule has 1 unspecified atom stereocenters. The number of ether oxygens (including phenoxy) is 2. The van der Waals surface area contributed by atoms with Crippen molar-refractivity contribution in [3.8, 4) is 11.5 Å². The predicted molar refractivity (Wildman–Crippen MR) is 105 cm³/mol. The fourth-order valence-corrected chi connectivity index (χ4v) is 2.97. The van der Waals surface area contributed by atoms with Crippen molar-refractivity contribution in [3.05, 3.63) is 23.9 Å². The van der Waals surface area contributed by atoms with Crippen molar-refractivity contribution in [2.24, 2.45) is 5.92 Å². The third-order valence-electron chi connectivity index (χ3n) is 4.66. The summed E-state index contributed by atoms with van der Waals surface area (Å²) in [4.78, 5) is 16.7. The van der Waals surface area contributed by atoms with E-state index in [-0.39, 0.29) is 35.5 Å². The Labute approximate surface area is 172 Å². The van der Waals surface area contributed by atoms with E-state index in [0.717, 1.165) is 18.9 Å². The maximum absolute atomic E-state index is 13.1. The van der Waals surface area contributed by atoms with Gasteiger partial charge >= 0.3 is 6.18 Å². The van der Waals surface area contributed by atoms with Gasteiger partial charge in [0.1, 0.15) is 11.4 Å². The molecule has 11 heteroatoms. The summed E-state index contributed by atoms with van der Waals surface area (Å²) in [5.41, 5.74) is -1.00. The number of pyridine rings is 1. The summed E-state index contributed by atoms with van der Waals surface area (Å²) in [7, 11) is 3.11. The number of aromatic nitrogens is 4. The van der Waals surface area contributed by atoms with Gasteiger partial charge in [0.15, 0.2) is 5.82 Å². The molecule has 0 radical (unpaired) electrons. The third-order valence-corrected chi connectivity index (χ3v) is 4.66. The zero-order chi connectivity index (χ0) is 21.7. The highest BCUT2D eigenvalue weighted by Crippen LogP contribution is 2.34. The monoisotopic (exact) mass is 426 g/mol. The van der Waals surface area contributed by atoms with Gasteiger partial charge in [-0.15, -0.1) is 0 Å². The lowest BCUT2D eigenvalue weighted by molar-refractivity contribution is -0.141. The Kier molecular flexibility index (Phi) is 7.03. The molecular formula is C19H25F3N6O2. The molecule has 2 N–H and O–H groups in total. The lowest BCUT2D eigenvalue weighted by Crippen LogP contribution is -2.31. The van der Waals surface area contributed by atoms with Crippen LogP contribution in [-0.2, 0) is 15.7 Å². The normalized spacial score (nSPS) is 15.3. The summed E-state index contributed by atoms with van der Waals surface area (Å²) in [5, 5.41) is 6.31. The zero-order valence-corrected chi connectivity index (χ0v) is 17.0. The highest BCUT2D eigenvalue weighted by Gasteiger charge is 2.33. The highest BCUT2D eigenvalue weighted by atomic mass is 19.4. The predicted octanol–water partition coefficient (Wildman–Crippen LogP) is 3.24. The molecule has 0 bridgehead atoms. The van der Waals surface area contributed by atoms with Gasteiger partial charge in [0.05, 0.1) is 19.3 Å². The van der Waals surface area contributed by atoms with Crippen molar-refractivity contribution in [3.63, 3.8) is 0 Å². The number of nitrogens with one attached hydrogen (secondary N) is 2. The van der Waals surface area contributed by atoms with Crippen LogP contribution in [0.25, 0.3) is 11.5 Å². The number of anilines is 2. The first-order valence-corrected chi connectivity index (χ1v) is 9.61. The zero-order valence-electron chi connectivity index (χ0n) is 17.0. The summed E-state index contributed by atoms with van der Waals surface area (Å²) in [6.45, 7) is 2.69. The van der Waals surface area contributed by atoms with Gasteiger partial charge in [-0.3, -0.25) is 0 Å². The van der Waals surface area contributed by atoms with E-state index in [4.69, 9.17) is 9.47 Å². The topological polar surface area (TPSA) is 94.1 Å². The van der Waals surface area contributed by atoms with E-state index in [1.807, 2.05) is 6.92 Å². The summed E-state index contributed by atoms with van der Waals surface area (Å²) >= 11 is 0. The van der Waals surface area contributed by atoms with Crippen molar-refractivity contribution in [2.45, 2.75) is 38.0 Å². The molecular weight excluding hydrogens is 401 g/mol. The molecule has 0 saturated heterocycles. The van der Waals surface area contributed by atoms with Gasteiger partial charge < -0.3 is 20.1 Å². The summed E-state index contributed by atoms with van der Waals surface area (Å²) < 4.78 is 49.6. The first-order chi connectivity index (χ1) is 14.3. The van der Waals surface area contributed by atoms with Crippen molar-refractivity contribution in [1.82, 2.24) is 19.9 Å². The van der Waals surface area contributed by atoms with Gasteiger partial charge in [0, 0.05) is 20.3 Å². The van der Waals surface area contributed by atoms with Gasteiger partial charge in [-0.05, 0) is 37.8 Å². The Balaban J connectivity index is 1.94. The molecule has 2 heterocycles. The van der Waals surface area contributed by atoms with Crippen LogP contribution in [0, 0.1) is 5.92 Å². The minimum atomic E-state index is -4.56. The first-order valence-electron chi connectivity index (χ1n) is 9.61. The van der Waals surface area contributed by atoms with E-state index in [1.165, 1.54) is 12.1 Å². The second-order valence-electron chi connectivity index (χ2n) is 7.23. The Hall–Kier alpha value is -2.53.